The van der Waals surface area contributed by atoms with Crippen molar-refractivity contribution < 1.29 is 23.5 Å². The van der Waals surface area contributed by atoms with Gasteiger partial charge in [0.2, 0.25) is 11.8 Å². The van der Waals surface area contributed by atoms with E-state index in [0.29, 0.717) is 55.3 Å². The SMILES string of the molecule is CC1(C)CN(Cc2ccc(-c3nn(C4CC4)cc3F)cc2)CCC1(O)c1ccc2ncc(C3CCC(=O)NC3=O)cc2c1F. The number of halogens is 2. The summed E-state index contributed by atoms with van der Waals surface area (Å²) in [6.45, 7) is 5.61. The topological polar surface area (TPSA) is 100 Å². The second-order valence-corrected chi connectivity index (χ2v) is 13.2. The highest BCUT2D eigenvalue weighted by Crippen LogP contribution is 2.48. The quantitative estimate of drug-likeness (QED) is 0.290. The lowest BCUT2D eigenvalue weighted by Crippen LogP contribution is -2.55. The number of fused-ring (bicyclic) bond motifs is 1. The van der Waals surface area contributed by atoms with Crippen molar-refractivity contribution >= 4 is 22.7 Å². The van der Waals surface area contributed by atoms with Gasteiger partial charge >= 0.3 is 0 Å². The number of carbonyl (C=O) groups is 2. The van der Waals surface area contributed by atoms with Crippen molar-refractivity contribution in [2.75, 3.05) is 13.1 Å². The Hall–Kier alpha value is -4.02. The van der Waals surface area contributed by atoms with Gasteiger partial charge in [-0.05, 0) is 48.9 Å². The molecule has 0 bridgehead atoms. The lowest BCUT2D eigenvalue weighted by molar-refractivity contribution is -0.134. The first-order valence-corrected chi connectivity index (χ1v) is 15.2. The number of pyridine rings is 1. The van der Waals surface area contributed by atoms with Crippen LogP contribution < -0.4 is 5.32 Å². The van der Waals surface area contributed by atoms with Gasteiger partial charge in [-0.3, -0.25) is 29.5 Å². The van der Waals surface area contributed by atoms with Gasteiger partial charge < -0.3 is 5.11 Å². The van der Waals surface area contributed by atoms with Crippen molar-refractivity contribution in [1.82, 2.24) is 25.0 Å². The van der Waals surface area contributed by atoms with Crippen molar-refractivity contribution in [2.45, 2.75) is 70.1 Å². The van der Waals surface area contributed by atoms with Crippen LogP contribution in [0.5, 0.6) is 0 Å². The molecule has 1 aliphatic carbocycles. The standard InChI is InChI=1S/C34H35F2N5O3/c1-33(2)19-40(17-20-3-5-21(6-4-20)31-27(35)18-41(39-31)23-7-8-23)14-13-34(33,44)26-10-11-28-25(30(26)36)15-22(16-37-28)24-9-12-29(42)38-32(24)43/h3-6,10-11,15-16,18,23-24,44H,7-9,12-14,17,19H2,1-2H3,(H,38,42,43). The highest BCUT2D eigenvalue weighted by Gasteiger charge is 2.50. The van der Waals surface area contributed by atoms with Gasteiger partial charge in [0.15, 0.2) is 5.82 Å². The molecule has 4 heterocycles. The Morgan fingerprint density at radius 3 is 2.55 bits per heavy atom. The van der Waals surface area contributed by atoms with Crippen LogP contribution in [0, 0.1) is 17.0 Å². The summed E-state index contributed by atoms with van der Waals surface area (Å²) in [4.78, 5) is 30.7. The van der Waals surface area contributed by atoms with E-state index in [1.807, 2.05) is 38.1 Å². The lowest BCUT2D eigenvalue weighted by Gasteiger charge is -2.50. The maximum Gasteiger partial charge on any atom is 0.234 e. The first-order chi connectivity index (χ1) is 21.0. The number of piperidine rings is 2. The zero-order valence-corrected chi connectivity index (χ0v) is 24.8. The van der Waals surface area contributed by atoms with E-state index in [1.54, 1.807) is 29.1 Å². The third-order valence-corrected chi connectivity index (χ3v) is 9.68. The average Bonchev–Trinajstić information content (AvgIpc) is 3.77. The first kappa shape index (κ1) is 28.7. The molecule has 2 amide bonds. The molecule has 3 fully saturated rings. The largest absolute Gasteiger partial charge is 0.384 e. The van der Waals surface area contributed by atoms with E-state index in [4.69, 9.17) is 0 Å². The van der Waals surface area contributed by atoms with Gasteiger partial charge in [-0.2, -0.15) is 5.10 Å². The fraction of sp³-hybridized carbons (Fsp3) is 0.412. The number of amides is 2. The van der Waals surface area contributed by atoms with Gasteiger partial charge in [-0.15, -0.1) is 0 Å². The molecule has 10 heteroatoms. The fourth-order valence-corrected chi connectivity index (χ4v) is 6.88. The molecule has 7 rings (SSSR count). The summed E-state index contributed by atoms with van der Waals surface area (Å²) in [6, 6.07) is 13.0. The highest BCUT2D eigenvalue weighted by molar-refractivity contribution is 6.01. The zero-order valence-electron chi connectivity index (χ0n) is 24.8. The van der Waals surface area contributed by atoms with Gasteiger partial charge in [0.25, 0.3) is 0 Å². The normalized spacial score (nSPS) is 24.1. The van der Waals surface area contributed by atoms with Crippen molar-refractivity contribution in [3.8, 4) is 11.3 Å². The minimum atomic E-state index is -1.44. The lowest BCUT2D eigenvalue weighted by atomic mass is 9.66. The van der Waals surface area contributed by atoms with Gasteiger partial charge in [0, 0.05) is 54.2 Å². The van der Waals surface area contributed by atoms with E-state index in [-0.39, 0.29) is 29.1 Å². The van der Waals surface area contributed by atoms with Gasteiger partial charge in [0.1, 0.15) is 11.5 Å². The number of aliphatic hydroxyl groups is 1. The van der Waals surface area contributed by atoms with Gasteiger partial charge in [-0.25, -0.2) is 8.78 Å². The first-order valence-electron chi connectivity index (χ1n) is 15.2. The summed E-state index contributed by atoms with van der Waals surface area (Å²) in [5.74, 6) is -2.15. The van der Waals surface area contributed by atoms with Crippen molar-refractivity contribution in [2.24, 2.45) is 5.41 Å². The van der Waals surface area contributed by atoms with E-state index in [0.717, 1.165) is 24.0 Å². The predicted octanol–water partition coefficient (Wildman–Crippen LogP) is 5.35. The third-order valence-electron chi connectivity index (χ3n) is 9.68. The van der Waals surface area contributed by atoms with E-state index in [9.17, 15) is 19.1 Å². The number of nitrogens with zero attached hydrogens (tertiary/aromatic N) is 4. The highest BCUT2D eigenvalue weighted by atomic mass is 19.1. The Labute approximate surface area is 254 Å². The predicted molar refractivity (Wildman–Crippen MR) is 160 cm³/mol. The van der Waals surface area contributed by atoms with Crippen molar-refractivity contribution in [1.29, 1.82) is 0 Å². The van der Waals surface area contributed by atoms with Crippen LogP contribution in [0.3, 0.4) is 0 Å². The maximum atomic E-state index is 16.2. The molecule has 228 valence electrons. The summed E-state index contributed by atoms with van der Waals surface area (Å²) < 4.78 is 32.5. The van der Waals surface area contributed by atoms with Crippen LogP contribution >= 0.6 is 0 Å². The van der Waals surface area contributed by atoms with Crippen LogP contribution in [-0.4, -0.2) is 49.7 Å². The van der Waals surface area contributed by atoms with Gasteiger partial charge in [0.05, 0.1) is 29.3 Å². The Balaban J connectivity index is 1.09. The molecule has 2 aliphatic heterocycles. The molecule has 2 aromatic carbocycles. The minimum absolute atomic E-state index is 0.217. The smallest absolute Gasteiger partial charge is 0.234 e. The summed E-state index contributed by atoms with van der Waals surface area (Å²) in [5, 5.41) is 19.1. The molecule has 2 unspecified atom stereocenters. The van der Waals surface area contributed by atoms with Crippen LogP contribution in [-0.2, 0) is 21.7 Å². The van der Waals surface area contributed by atoms with E-state index in [2.05, 4.69) is 20.3 Å². The van der Waals surface area contributed by atoms with Crippen LogP contribution in [0.25, 0.3) is 22.2 Å². The van der Waals surface area contributed by atoms with Crippen LogP contribution in [0.1, 0.15) is 74.6 Å². The molecule has 8 nitrogen and oxygen atoms in total. The Bertz CT molecular complexity index is 1780. The van der Waals surface area contributed by atoms with E-state index < -0.39 is 28.7 Å². The summed E-state index contributed by atoms with van der Waals surface area (Å²) in [6.07, 6.45) is 6.00. The monoisotopic (exact) mass is 599 g/mol. The molecule has 1 saturated carbocycles. The molecule has 4 aromatic rings. The Kier molecular flexibility index (Phi) is 6.89. The molecular weight excluding hydrogens is 564 g/mol. The Morgan fingerprint density at radius 1 is 1.07 bits per heavy atom. The molecule has 44 heavy (non-hydrogen) atoms. The number of nitrogens with one attached hydrogen (secondary N) is 1. The summed E-state index contributed by atoms with van der Waals surface area (Å²) in [5.41, 5.74) is 1.22. The van der Waals surface area contributed by atoms with Crippen molar-refractivity contribution in [3.63, 3.8) is 0 Å². The maximum absolute atomic E-state index is 16.2. The summed E-state index contributed by atoms with van der Waals surface area (Å²) >= 11 is 0. The zero-order chi connectivity index (χ0) is 30.8. The number of hydrogen-bond donors (Lipinski definition) is 2. The van der Waals surface area contributed by atoms with Crippen LogP contribution in [0.2, 0.25) is 0 Å². The van der Waals surface area contributed by atoms with Crippen molar-refractivity contribution in [3.05, 3.63) is 83.2 Å². The number of hydrogen-bond acceptors (Lipinski definition) is 6. The van der Waals surface area contributed by atoms with Gasteiger partial charge in [-0.1, -0.05) is 44.2 Å². The van der Waals surface area contributed by atoms with E-state index >= 15 is 4.39 Å². The Morgan fingerprint density at radius 2 is 1.84 bits per heavy atom. The number of imide groups is 1. The molecule has 2 saturated heterocycles. The number of carbonyl (C=O) groups excluding carboxylic acids is 2. The number of benzene rings is 2. The van der Waals surface area contributed by atoms with E-state index in [1.165, 1.54) is 6.20 Å². The fourth-order valence-electron chi connectivity index (χ4n) is 6.88. The number of likely N-dealkylation sites (tertiary alicyclic amines) is 1. The molecule has 2 aromatic heterocycles. The molecule has 2 atom stereocenters. The minimum Gasteiger partial charge on any atom is -0.384 e. The van der Waals surface area contributed by atoms with Crippen LogP contribution in [0.4, 0.5) is 8.78 Å². The molecule has 3 aliphatic rings. The summed E-state index contributed by atoms with van der Waals surface area (Å²) in [7, 11) is 0. The average molecular weight is 600 g/mol. The second-order valence-electron chi connectivity index (χ2n) is 13.2. The third kappa shape index (κ3) is 4.99. The molecule has 0 radical (unpaired) electrons. The number of rotatable bonds is 6. The molecule has 0 spiro atoms. The molecular formula is C34H35F2N5O3. The molecule has 2 N–H and O–H groups in total. The van der Waals surface area contributed by atoms with Crippen LogP contribution in [0.15, 0.2) is 54.9 Å². The number of aromatic nitrogens is 3. The second kappa shape index (κ2) is 10.6.